The van der Waals surface area contributed by atoms with Crippen LogP contribution in [0.3, 0.4) is 0 Å². The van der Waals surface area contributed by atoms with Crippen LogP contribution in [-0.2, 0) is 0 Å². The monoisotopic (exact) mass is 359 g/mol. The number of rotatable bonds is 3. The first-order chi connectivity index (χ1) is 9.45. The number of hydrogen-bond acceptors (Lipinski definition) is 1. The van der Waals surface area contributed by atoms with E-state index in [2.05, 4.69) is 21.2 Å². The third-order valence-electron chi connectivity index (χ3n) is 3.17. The molecule has 0 aliphatic rings. The van der Waals surface area contributed by atoms with Gasteiger partial charge in [-0.15, -0.1) is 0 Å². The van der Waals surface area contributed by atoms with Crippen LogP contribution >= 0.6 is 27.5 Å². The molecule has 5 heteroatoms. The molecule has 1 atom stereocenters. The highest BCUT2D eigenvalue weighted by Gasteiger charge is 2.23. The fourth-order valence-corrected chi connectivity index (χ4v) is 3.05. The SMILES string of the molecule is CNC(c1ccc(Cl)cc1Br)c1c(F)ccc(C)c1F. The Balaban J connectivity index is 2.61. The molecule has 2 aromatic rings. The Kier molecular flexibility index (Phi) is 4.78. The van der Waals surface area contributed by atoms with Crippen LogP contribution < -0.4 is 5.32 Å². The van der Waals surface area contributed by atoms with Gasteiger partial charge in [0.1, 0.15) is 11.6 Å². The summed E-state index contributed by atoms with van der Waals surface area (Å²) in [5.41, 5.74) is 1.14. The molecule has 0 aliphatic carbocycles. The van der Waals surface area contributed by atoms with Crippen molar-refractivity contribution in [1.82, 2.24) is 5.32 Å². The van der Waals surface area contributed by atoms with Gasteiger partial charge in [-0.3, -0.25) is 0 Å². The number of halogens is 4. The van der Waals surface area contributed by atoms with Crippen LogP contribution in [0.2, 0.25) is 5.02 Å². The molecule has 0 saturated carbocycles. The van der Waals surface area contributed by atoms with E-state index in [4.69, 9.17) is 11.6 Å². The molecule has 2 rings (SSSR count). The Morgan fingerprint density at radius 2 is 1.90 bits per heavy atom. The van der Waals surface area contributed by atoms with E-state index in [9.17, 15) is 8.78 Å². The zero-order chi connectivity index (χ0) is 14.9. The Hall–Kier alpha value is -0.970. The molecule has 0 radical (unpaired) electrons. The first kappa shape index (κ1) is 15.4. The van der Waals surface area contributed by atoms with E-state index < -0.39 is 17.7 Å². The smallest absolute Gasteiger partial charge is 0.134 e. The first-order valence-corrected chi connectivity index (χ1v) is 7.19. The van der Waals surface area contributed by atoms with Crippen LogP contribution in [0.5, 0.6) is 0 Å². The van der Waals surface area contributed by atoms with E-state index in [1.54, 1.807) is 32.2 Å². The van der Waals surface area contributed by atoms with Gasteiger partial charge in [-0.05, 0) is 43.3 Å². The topological polar surface area (TPSA) is 12.0 Å². The molecule has 0 amide bonds. The molecular weight excluding hydrogens is 348 g/mol. The zero-order valence-electron chi connectivity index (χ0n) is 11.0. The van der Waals surface area contributed by atoms with Crippen molar-refractivity contribution in [2.75, 3.05) is 7.05 Å². The molecule has 0 bridgehead atoms. The van der Waals surface area contributed by atoms with Crippen molar-refractivity contribution in [3.8, 4) is 0 Å². The maximum atomic E-state index is 14.3. The zero-order valence-corrected chi connectivity index (χ0v) is 13.3. The normalized spacial score (nSPS) is 12.5. The maximum absolute atomic E-state index is 14.3. The molecule has 0 heterocycles. The second-order valence-corrected chi connectivity index (χ2v) is 5.77. The molecule has 0 spiro atoms. The molecule has 0 aliphatic heterocycles. The highest BCUT2D eigenvalue weighted by Crippen LogP contribution is 2.33. The Bertz CT molecular complexity index is 646. The molecule has 106 valence electrons. The summed E-state index contributed by atoms with van der Waals surface area (Å²) < 4.78 is 29.0. The summed E-state index contributed by atoms with van der Waals surface area (Å²) in [7, 11) is 1.66. The summed E-state index contributed by atoms with van der Waals surface area (Å²) in [6, 6.07) is 7.25. The quantitative estimate of drug-likeness (QED) is 0.812. The van der Waals surface area contributed by atoms with Crippen molar-refractivity contribution in [3.63, 3.8) is 0 Å². The predicted octanol–water partition coefficient (Wildman–Crippen LogP) is 5.00. The summed E-state index contributed by atoms with van der Waals surface area (Å²) in [6.45, 7) is 1.61. The average Bonchev–Trinajstić information content (AvgIpc) is 2.40. The largest absolute Gasteiger partial charge is 0.309 e. The fraction of sp³-hybridized carbons (Fsp3) is 0.200. The molecule has 1 unspecified atom stereocenters. The van der Waals surface area contributed by atoms with Crippen molar-refractivity contribution in [3.05, 3.63) is 68.2 Å². The van der Waals surface area contributed by atoms with E-state index in [-0.39, 0.29) is 5.56 Å². The van der Waals surface area contributed by atoms with Crippen molar-refractivity contribution in [1.29, 1.82) is 0 Å². The molecule has 0 saturated heterocycles. The Labute approximate surface area is 130 Å². The predicted molar refractivity (Wildman–Crippen MR) is 81.1 cm³/mol. The summed E-state index contributed by atoms with van der Waals surface area (Å²) in [4.78, 5) is 0. The number of hydrogen-bond donors (Lipinski definition) is 1. The van der Waals surface area contributed by atoms with E-state index >= 15 is 0 Å². The summed E-state index contributed by atoms with van der Waals surface area (Å²) >= 11 is 9.28. The van der Waals surface area contributed by atoms with Crippen molar-refractivity contribution < 1.29 is 8.78 Å². The second kappa shape index (κ2) is 6.20. The molecular formula is C15H13BrClF2N. The van der Waals surface area contributed by atoms with Crippen LogP contribution in [-0.4, -0.2) is 7.05 Å². The van der Waals surface area contributed by atoms with Crippen molar-refractivity contribution in [2.45, 2.75) is 13.0 Å². The van der Waals surface area contributed by atoms with Gasteiger partial charge in [-0.1, -0.05) is 39.7 Å². The minimum Gasteiger partial charge on any atom is -0.309 e. The van der Waals surface area contributed by atoms with Gasteiger partial charge >= 0.3 is 0 Å². The minimum atomic E-state index is -0.596. The van der Waals surface area contributed by atoms with Crippen molar-refractivity contribution >= 4 is 27.5 Å². The fourth-order valence-electron chi connectivity index (χ4n) is 2.13. The van der Waals surface area contributed by atoms with Crippen LogP contribution in [0.25, 0.3) is 0 Å². The lowest BCUT2D eigenvalue weighted by Crippen LogP contribution is -2.21. The van der Waals surface area contributed by atoms with E-state index in [0.29, 0.717) is 15.1 Å². The van der Waals surface area contributed by atoms with Gasteiger partial charge in [0.15, 0.2) is 0 Å². The molecule has 0 fully saturated rings. The van der Waals surface area contributed by atoms with Crippen LogP contribution in [0, 0.1) is 18.6 Å². The summed E-state index contributed by atoms with van der Waals surface area (Å²) in [5.74, 6) is -1.11. The highest BCUT2D eigenvalue weighted by molar-refractivity contribution is 9.10. The van der Waals surface area contributed by atoms with Gasteiger partial charge in [0, 0.05) is 15.1 Å². The van der Waals surface area contributed by atoms with Gasteiger partial charge in [-0.25, -0.2) is 8.78 Å². The first-order valence-electron chi connectivity index (χ1n) is 6.02. The van der Waals surface area contributed by atoms with E-state index in [1.807, 2.05) is 0 Å². The summed E-state index contributed by atoms with van der Waals surface area (Å²) in [5, 5.41) is 3.51. The van der Waals surface area contributed by atoms with Crippen LogP contribution in [0.4, 0.5) is 8.78 Å². The van der Waals surface area contributed by atoms with Gasteiger partial charge in [0.25, 0.3) is 0 Å². The molecule has 20 heavy (non-hydrogen) atoms. The number of aryl methyl sites for hydroxylation is 1. The lowest BCUT2D eigenvalue weighted by molar-refractivity contribution is 0.517. The lowest BCUT2D eigenvalue weighted by atomic mass is 9.96. The number of nitrogens with one attached hydrogen (secondary N) is 1. The Morgan fingerprint density at radius 3 is 2.50 bits per heavy atom. The average molecular weight is 361 g/mol. The van der Waals surface area contributed by atoms with Crippen molar-refractivity contribution in [2.24, 2.45) is 0 Å². The number of benzene rings is 2. The second-order valence-electron chi connectivity index (χ2n) is 4.48. The summed E-state index contributed by atoms with van der Waals surface area (Å²) in [6.07, 6.45) is 0. The third kappa shape index (κ3) is 2.87. The minimum absolute atomic E-state index is 0.00974. The van der Waals surface area contributed by atoms with Crippen LogP contribution in [0.1, 0.15) is 22.7 Å². The molecule has 0 aromatic heterocycles. The highest BCUT2D eigenvalue weighted by atomic mass is 79.9. The standard InChI is InChI=1S/C15H13BrClF2N/c1-8-3-6-12(18)13(14(8)19)15(20-2)10-5-4-9(17)7-11(10)16/h3-7,15,20H,1-2H3. The maximum Gasteiger partial charge on any atom is 0.134 e. The van der Waals surface area contributed by atoms with Gasteiger partial charge in [0.05, 0.1) is 6.04 Å². The van der Waals surface area contributed by atoms with E-state index in [0.717, 1.165) is 5.56 Å². The Morgan fingerprint density at radius 1 is 1.20 bits per heavy atom. The van der Waals surface area contributed by atoms with Crippen LogP contribution in [0.15, 0.2) is 34.8 Å². The van der Waals surface area contributed by atoms with Gasteiger partial charge < -0.3 is 5.32 Å². The molecule has 1 N–H and O–H groups in total. The van der Waals surface area contributed by atoms with Gasteiger partial charge in [-0.2, -0.15) is 0 Å². The lowest BCUT2D eigenvalue weighted by Gasteiger charge is -2.21. The third-order valence-corrected chi connectivity index (χ3v) is 4.09. The van der Waals surface area contributed by atoms with Gasteiger partial charge in [0.2, 0.25) is 0 Å². The van der Waals surface area contributed by atoms with E-state index in [1.165, 1.54) is 12.1 Å². The molecule has 2 aromatic carbocycles. The molecule has 1 nitrogen and oxygen atoms in total.